The predicted octanol–water partition coefficient (Wildman–Crippen LogP) is 2.31. The van der Waals surface area contributed by atoms with Crippen molar-refractivity contribution in [2.75, 3.05) is 6.54 Å². The third kappa shape index (κ3) is 2.35. The summed E-state index contributed by atoms with van der Waals surface area (Å²) in [5, 5.41) is 12.2. The Bertz CT molecular complexity index is 397. The molecular weight excluding hydrogens is 202 g/mol. The number of rotatable bonds is 3. The minimum absolute atomic E-state index is 0.107. The van der Waals surface area contributed by atoms with Crippen molar-refractivity contribution >= 4 is 5.91 Å². The Morgan fingerprint density at radius 3 is 2.81 bits per heavy atom. The van der Waals surface area contributed by atoms with Crippen LogP contribution in [0.25, 0.3) is 0 Å². The first-order chi connectivity index (χ1) is 7.59. The van der Waals surface area contributed by atoms with Crippen molar-refractivity contribution in [1.82, 2.24) is 5.32 Å². The van der Waals surface area contributed by atoms with Gasteiger partial charge in [0.2, 0.25) is 0 Å². The number of hydrogen-bond acceptors (Lipinski definition) is 2. The highest BCUT2D eigenvalue weighted by atomic mass is 16.3. The first-order valence-electron chi connectivity index (χ1n) is 5.66. The van der Waals surface area contributed by atoms with Gasteiger partial charge in [-0.3, -0.25) is 4.79 Å². The number of amides is 1. The molecule has 0 radical (unpaired) electrons. The van der Waals surface area contributed by atoms with Gasteiger partial charge >= 0.3 is 0 Å². The number of aromatic hydroxyl groups is 1. The summed E-state index contributed by atoms with van der Waals surface area (Å²) in [5.41, 5.74) is 0.801. The van der Waals surface area contributed by atoms with Crippen molar-refractivity contribution in [1.29, 1.82) is 0 Å². The molecule has 0 spiro atoms. The number of benzene rings is 1. The Labute approximate surface area is 95.5 Å². The van der Waals surface area contributed by atoms with Gasteiger partial charge in [-0.1, -0.05) is 19.4 Å². The van der Waals surface area contributed by atoms with Crippen LogP contribution in [0, 0.1) is 5.41 Å². The summed E-state index contributed by atoms with van der Waals surface area (Å²) < 4.78 is 0. The van der Waals surface area contributed by atoms with Gasteiger partial charge in [-0.15, -0.1) is 0 Å². The Balaban J connectivity index is 1.93. The lowest BCUT2D eigenvalue weighted by Gasteiger charge is -2.38. The average molecular weight is 219 g/mol. The van der Waals surface area contributed by atoms with Crippen molar-refractivity contribution in [2.24, 2.45) is 5.41 Å². The Hall–Kier alpha value is -1.51. The van der Waals surface area contributed by atoms with E-state index in [1.54, 1.807) is 18.2 Å². The molecule has 16 heavy (non-hydrogen) atoms. The fourth-order valence-electron chi connectivity index (χ4n) is 2.00. The number of hydrogen-bond donors (Lipinski definition) is 2. The quantitative estimate of drug-likeness (QED) is 0.819. The van der Waals surface area contributed by atoms with Crippen LogP contribution in [-0.4, -0.2) is 17.6 Å². The monoisotopic (exact) mass is 219 g/mol. The molecule has 1 amide bonds. The predicted molar refractivity (Wildman–Crippen MR) is 62.4 cm³/mol. The van der Waals surface area contributed by atoms with Crippen LogP contribution in [0.4, 0.5) is 0 Å². The number of carbonyl (C=O) groups is 1. The Kier molecular flexibility index (Phi) is 2.86. The molecule has 0 unspecified atom stereocenters. The lowest BCUT2D eigenvalue weighted by atomic mass is 9.70. The van der Waals surface area contributed by atoms with Crippen LogP contribution >= 0.6 is 0 Å². The second-order valence-electron chi connectivity index (χ2n) is 4.90. The van der Waals surface area contributed by atoms with E-state index in [9.17, 15) is 9.90 Å². The number of nitrogens with one attached hydrogen (secondary N) is 1. The molecule has 1 aliphatic carbocycles. The maximum absolute atomic E-state index is 11.8. The molecule has 3 heteroatoms. The third-order valence-electron chi connectivity index (χ3n) is 3.34. The molecule has 0 aliphatic heterocycles. The molecule has 86 valence electrons. The molecule has 0 aromatic heterocycles. The van der Waals surface area contributed by atoms with Gasteiger partial charge in [0, 0.05) is 12.1 Å². The summed E-state index contributed by atoms with van der Waals surface area (Å²) in [6.07, 6.45) is 3.64. The van der Waals surface area contributed by atoms with E-state index < -0.39 is 0 Å². The third-order valence-corrected chi connectivity index (χ3v) is 3.34. The van der Waals surface area contributed by atoms with Crippen molar-refractivity contribution in [3.05, 3.63) is 29.8 Å². The minimum Gasteiger partial charge on any atom is -0.508 e. The summed E-state index contributed by atoms with van der Waals surface area (Å²) in [6.45, 7) is 2.92. The molecule has 0 saturated heterocycles. The Morgan fingerprint density at radius 1 is 1.50 bits per heavy atom. The number of carbonyl (C=O) groups excluding carboxylic acids is 1. The van der Waals surface area contributed by atoms with Gasteiger partial charge in [-0.05, 0) is 36.5 Å². The van der Waals surface area contributed by atoms with Crippen molar-refractivity contribution < 1.29 is 9.90 Å². The van der Waals surface area contributed by atoms with Crippen LogP contribution in [0.2, 0.25) is 0 Å². The molecule has 2 N–H and O–H groups in total. The highest BCUT2D eigenvalue weighted by molar-refractivity contribution is 5.94. The van der Waals surface area contributed by atoms with Gasteiger partial charge < -0.3 is 10.4 Å². The largest absolute Gasteiger partial charge is 0.508 e. The second kappa shape index (κ2) is 4.16. The molecule has 1 aromatic carbocycles. The number of phenols is 1. The van der Waals surface area contributed by atoms with E-state index >= 15 is 0 Å². The van der Waals surface area contributed by atoms with Crippen LogP contribution in [0.15, 0.2) is 24.3 Å². The van der Waals surface area contributed by atoms with Crippen LogP contribution < -0.4 is 5.32 Å². The van der Waals surface area contributed by atoms with E-state index in [0.29, 0.717) is 5.56 Å². The van der Waals surface area contributed by atoms with E-state index in [0.717, 1.165) is 6.54 Å². The molecule has 0 heterocycles. The second-order valence-corrected chi connectivity index (χ2v) is 4.90. The smallest absolute Gasteiger partial charge is 0.251 e. The van der Waals surface area contributed by atoms with Gasteiger partial charge in [0.1, 0.15) is 5.75 Å². The summed E-state index contributed by atoms with van der Waals surface area (Å²) in [6, 6.07) is 6.43. The van der Waals surface area contributed by atoms with E-state index in [-0.39, 0.29) is 17.1 Å². The van der Waals surface area contributed by atoms with Gasteiger partial charge in [0.15, 0.2) is 0 Å². The van der Waals surface area contributed by atoms with Crippen molar-refractivity contribution in [3.63, 3.8) is 0 Å². The van der Waals surface area contributed by atoms with Crippen LogP contribution in [-0.2, 0) is 0 Å². The first-order valence-corrected chi connectivity index (χ1v) is 5.66. The molecule has 1 aliphatic rings. The molecule has 1 saturated carbocycles. The SMILES string of the molecule is CC1(CNC(=O)c2cccc(O)c2)CCC1. The minimum atomic E-state index is -0.107. The fraction of sp³-hybridized carbons (Fsp3) is 0.462. The van der Waals surface area contributed by atoms with E-state index in [2.05, 4.69) is 12.2 Å². The van der Waals surface area contributed by atoms with Gasteiger partial charge in [0.25, 0.3) is 5.91 Å². The van der Waals surface area contributed by atoms with E-state index in [4.69, 9.17) is 0 Å². The summed E-state index contributed by atoms with van der Waals surface area (Å²) in [7, 11) is 0. The highest BCUT2D eigenvalue weighted by Gasteiger charge is 2.31. The lowest BCUT2D eigenvalue weighted by molar-refractivity contribution is 0.0890. The molecule has 2 rings (SSSR count). The summed E-state index contributed by atoms with van der Waals surface area (Å²) >= 11 is 0. The average Bonchev–Trinajstić information content (AvgIpc) is 2.23. The Morgan fingerprint density at radius 2 is 2.25 bits per heavy atom. The summed E-state index contributed by atoms with van der Waals surface area (Å²) in [5.74, 6) is 0.0199. The maximum atomic E-state index is 11.8. The molecule has 1 aromatic rings. The first kappa shape index (κ1) is 11.0. The van der Waals surface area contributed by atoms with Gasteiger partial charge in [-0.25, -0.2) is 0 Å². The molecule has 1 fully saturated rings. The normalized spacial score (nSPS) is 17.6. The van der Waals surface area contributed by atoms with Crippen molar-refractivity contribution in [2.45, 2.75) is 26.2 Å². The molecule has 0 bridgehead atoms. The highest BCUT2D eigenvalue weighted by Crippen LogP contribution is 2.39. The van der Waals surface area contributed by atoms with Gasteiger partial charge in [0.05, 0.1) is 0 Å². The van der Waals surface area contributed by atoms with E-state index in [1.165, 1.54) is 25.3 Å². The standard InChI is InChI=1S/C13H17NO2/c1-13(6-3-7-13)9-14-12(16)10-4-2-5-11(15)8-10/h2,4-5,8,15H,3,6-7,9H2,1H3,(H,14,16). The van der Waals surface area contributed by atoms with Crippen LogP contribution in [0.3, 0.4) is 0 Å². The zero-order valence-corrected chi connectivity index (χ0v) is 9.49. The molecular formula is C13H17NO2. The van der Waals surface area contributed by atoms with Crippen molar-refractivity contribution in [3.8, 4) is 5.75 Å². The maximum Gasteiger partial charge on any atom is 0.251 e. The van der Waals surface area contributed by atoms with E-state index in [1.807, 2.05) is 0 Å². The molecule has 0 atom stereocenters. The number of phenolic OH excluding ortho intramolecular Hbond substituents is 1. The topological polar surface area (TPSA) is 49.3 Å². The zero-order chi connectivity index (χ0) is 11.6. The van der Waals surface area contributed by atoms with Crippen LogP contribution in [0.5, 0.6) is 5.75 Å². The fourth-order valence-corrected chi connectivity index (χ4v) is 2.00. The van der Waals surface area contributed by atoms with Gasteiger partial charge in [-0.2, -0.15) is 0 Å². The van der Waals surface area contributed by atoms with Crippen LogP contribution in [0.1, 0.15) is 36.5 Å². The molecule has 3 nitrogen and oxygen atoms in total. The zero-order valence-electron chi connectivity index (χ0n) is 9.49. The lowest BCUT2D eigenvalue weighted by Crippen LogP contribution is -2.39. The summed E-state index contributed by atoms with van der Waals surface area (Å²) in [4.78, 5) is 11.8.